The zero-order valence-corrected chi connectivity index (χ0v) is 11.4. The van der Waals surface area contributed by atoms with Crippen molar-refractivity contribution >= 4 is 17.3 Å². The molecule has 0 saturated carbocycles. The lowest BCUT2D eigenvalue weighted by Crippen LogP contribution is -1.91. The number of hydrogen-bond donors (Lipinski definition) is 1. The fourth-order valence-corrected chi connectivity index (χ4v) is 2.07. The summed E-state index contributed by atoms with van der Waals surface area (Å²) >= 11 is 5.88. The van der Waals surface area contributed by atoms with Crippen LogP contribution in [-0.2, 0) is 0 Å². The lowest BCUT2D eigenvalue weighted by atomic mass is 10.1. The topological polar surface area (TPSA) is 51.8 Å². The Labute approximate surface area is 122 Å². The van der Waals surface area contributed by atoms with E-state index in [-0.39, 0.29) is 0 Å². The molecule has 2 N–H and O–H groups in total. The molecule has 0 atom stereocenters. The van der Waals surface area contributed by atoms with Crippen LogP contribution in [0.1, 0.15) is 0 Å². The van der Waals surface area contributed by atoms with Gasteiger partial charge in [0.15, 0.2) is 5.82 Å². The average Bonchev–Trinajstić information content (AvgIpc) is 2.48. The van der Waals surface area contributed by atoms with Gasteiger partial charge in [-0.25, -0.2) is 9.97 Å². The molecule has 3 aromatic rings. The molecule has 98 valence electrons. The summed E-state index contributed by atoms with van der Waals surface area (Å²) < 4.78 is 0. The van der Waals surface area contributed by atoms with Crippen molar-refractivity contribution in [3.05, 3.63) is 65.9 Å². The minimum atomic E-state index is 0.662. The van der Waals surface area contributed by atoms with Crippen molar-refractivity contribution in [3.8, 4) is 22.5 Å². The maximum Gasteiger partial charge on any atom is 0.159 e. The van der Waals surface area contributed by atoms with Crippen molar-refractivity contribution in [3.63, 3.8) is 0 Å². The minimum Gasteiger partial charge on any atom is -0.399 e. The lowest BCUT2D eigenvalue weighted by Gasteiger charge is -2.04. The van der Waals surface area contributed by atoms with Crippen LogP contribution in [0.25, 0.3) is 22.5 Å². The second-order valence-electron chi connectivity index (χ2n) is 4.43. The molecule has 20 heavy (non-hydrogen) atoms. The van der Waals surface area contributed by atoms with Gasteiger partial charge < -0.3 is 5.73 Å². The Morgan fingerprint density at radius 3 is 2.15 bits per heavy atom. The van der Waals surface area contributed by atoms with E-state index in [9.17, 15) is 0 Å². The quantitative estimate of drug-likeness (QED) is 0.721. The van der Waals surface area contributed by atoms with Crippen LogP contribution in [0.4, 0.5) is 5.69 Å². The van der Waals surface area contributed by atoms with Gasteiger partial charge in [0.25, 0.3) is 0 Å². The van der Waals surface area contributed by atoms with Crippen molar-refractivity contribution in [2.24, 2.45) is 0 Å². The molecule has 0 aliphatic carbocycles. The summed E-state index contributed by atoms with van der Waals surface area (Å²) in [6.45, 7) is 0. The number of rotatable bonds is 2. The van der Waals surface area contributed by atoms with Crippen LogP contribution < -0.4 is 5.73 Å². The number of anilines is 1. The second-order valence-corrected chi connectivity index (χ2v) is 4.86. The summed E-state index contributed by atoms with van der Waals surface area (Å²) in [5, 5.41) is 0.714. The molecule has 0 radical (unpaired) electrons. The Morgan fingerprint density at radius 2 is 1.50 bits per heavy atom. The zero-order chi connectivity index (χ0) is 13.9. The molecule has 1 heterocycles. The number of nitrogens with two attached hydrogens (primary N) is 1. The lowest BCUT2D eigenvalue weighted by molar-refractivity contribution is 1.18. The smallest absolute Gasteiger partial charge is 0.159 e. The van der Waals surface area contributed by atoms with E-state index in [0.717, 1.165) is 16.7 Å². The number of hydrogen-bond acceptors (Lipinski definition) is 3. The molecule has 0 saturated heterocycles. The van der Waals surface area contributed by atoms with Gasteiger partial charge in [-0.05, 0) is 29.8 Å². The first-order valence-corrected chi connectivity index (χ1v) is 6.54. The van der Waals surface area contributed by atoms with E-state index in [1.54, 1.807) is 12.4 Å². The third-order valence-corrected chi connectivity index (χ3v) is 3.23. The summed E-state index contributed by atoms with van der Waals surface area (Å²) in [4.78, 5) is 8.78. The molecule has 1 aromatic heterocycles. The van der Waals surface area contributed by atoms with E-state index in [0.29, 0.717) is 16.5 Å². The van der Waals surface area contributed by atoms with Gasteiger partial charge >= 0.3 is 0 Å². The first-order valence-electron chi connectivity index (χ1n) is 6.16. The molecule has 0 fully saturated rings. The molecule has 4 heteroatoms. The molecule has 0 amide bonds. The molecular weight excluding hydrogens is 270 g/mol. The van der Waals surface area contributed by atoms with Crippen molar-refractivity contribution in [2.75, 3.05) is 5.73 Å². The molecule has 0 spiro atoms. The van der Waals surface area contributed by atoms with Gasteiger partial charge in [0.05, 0.1) is 0 Å². The normalized spacial score (nSPS) is 10.4. The summed E-state index contributed by atoms with van der Waals surface area (Å²) in [6, 6.07) is 15.1. The number of halogens is 1. The van der Waals surface area contributed by atoms with Crippen LogP contribution in [0.5, 0.6) is 0 Å². The molecule has 0 unspecified atom stereocenters. The SMILES string of the molecule is Nc1cccc(-c2ncc(-c3ccc(Cl)cc3)cn2)c1. The maximum atomic E-state index is 5.88. The van der Waals surface area contributed by atoms with Crippen molar-refractivity contribution in [1.82, 2.24) is 9.97 Å². The fraction of sp³-hybridized carbons (Fsp3) is 0. The van der Waals surface area contributed by atoms with Crippen molar-refractivity contribution in [1.29, 1.82) is 0 Å². The summed E-state index contributed by atoms with van der Waals surface area (Å²) in [5.74, 6) is 0.662. The van der Waals surface area contributed by atoms with E-state index < -0.39 is 0 Å². The highest BCUT2D eigenvalue weighted by molar-refractivity contribution is 6.30. The Kier molecular flexibility index (Phi) is 3.35. The molecule has 0 bridgehead atoms. The fourth-order valence-electron chi connectivity index (χ4n) is 1.95. The second kappa shape index (κ2) is 5.31. The summed E-state index contributed by atoms with van der Waals surface area (Å²) in [6.07, 6.45) is 3.60. The molecule has 0 aliphatic heterocycles. The number of nitrogens with zero attached hydrogens (tertiary/aromatic N) is 2. The van der Waals surface area contributed by atoms with Crippen molar-refractivity contribution < 1.29 is 0 Å². The molecule has 2 aromatic carbocycles. The monoisotopic (exact) mass is 281 g/mol. The van der Waals surface area contributed by atoms with Gasteiger partial charge in [0.2, 0.25) is 0 Å². The summed E-state index contributed by atoms with van der Waals surface area (Å²) in [5.41, 5.74) is 9.36. The molecule has 0 aliphatic rings. The van der Waals surface area contributed by atoms with E-state index >= 15 is 0 Å². The molecule has 3 nitrogen and oxygen atoms in total. The Bertz CT molecular complexity index is 721. The predicted molar refractivity (Wildman–Crippen MR) is 82.3 cm³/mol. The Morgan fingerprint density at radius 1 is 0.800 bits per heavy atom. The van der Waals surface area contributed by atoms with E-state index in [2.05, 4.69) is 9.97 Å². The highest BCUT2D eigenvalue weighted by Crippen LogP contribution is 2.22. The van der Waals surface area contributed by atoms with Crippen LogP contribution in [-0.4, -0.2) is 9.97 Å². The van der Waals surface area contributed by atoms with Crippen molar-refractivity contribution in [2.45, 2.75) is 0 Å². The Hall–Kier alpha value is -2.39. The number of benzene rings is 2. The van der Waals surface area contributed by atoms with Crippen LogP contribution in [0.2, 0.25) is 5.02 Å². The minimum absolute atomic E-state index is 0.662. The van der Waals surface area contributed by atoms with Crippen LogP contribution >= 0.6 is 11.6 Å². The Balaban J connectivity index is 1.93. The third-order valence-electron chi connectivity index (χ3n) is 2.97. The first kappa shape index (κ1) is 12.6. The van der Waals surface area contributed by atoms with Crippen LogP contribution in [0.3, 0.4) is 0 Å². The zero-order valence-electron chi connectivity index (χ0n) is 10.6. The molecule has 3 rings (SSSR count). The third kappa shape index (κ3) is 2.63. The van der Waals surface area contributed by atoms with Gasteiger partial charge in [-0.1, -0.05) is 35.9 Å². The van der Waals surface area contributed by atoms with Gasteiger partial charge in [-0.3, -0.25) is 0 Å². The van der Waals surface area contributed by atoms with Gasteiger partial charge in [-0.2, -0.15) is 0 Å². The molecular formula is C16H12ClN3. The largest absolute Gasteiger partial charge is 0.399 e. The van der Waals surface area contributed by atoms with E-state index in [1.165, 1.54) is 0 Å². The highest BCUT2D eigenvalue weighted by atomic mass is 35.5. The van der Waals surface area contributed by atoms with E-state index in [4.69, 9.17) is 17.3 Å². The van der Waals surface area contributed by atoms with Crippen LogP contribution in [0.15, 0.2) is 60.9 Å². The maximum absolute atomic E-state index is 5.88. The highest BCUT2D eigenvalue weighted by Gasteiger charge is 2.03. The predicted octanol–water partition coefficient (Wildman–Crippen LogP) is 4.05. The van der Waals surface area contributed by atoms with Gasteiger partial charge in [0, 0.05) is 34.2 Å². The van der Waals surface area contributed by atoms with Crippen LogP contribution in [0, 0.1) is 0 Å². The summed E-state index contributed by atoms with van der Waals surface area (Å²) in [7, 11) is 0. The number of nitrogen functional groups attached to an aromatic ring is 1. The standard InChI is InChI=1S/C16H12ClN3/c17-14-6-4-11(5-7-14)13-9-19-16(20-10-13)12-2-1-3-15(18)8-12/h1-10H,18H2. The average molecular weight is 282 g/mol. The van der Waals surface area contributed by atoms with E-state index in [1.807, 2.05) is 48.5 Å². The van der Waals surface area contributed by atoms with Gasteiger partial charge in [0.1, 0.15) is 0 Å². The first-order chi connectivity index (χ1) is 9.72. The number of aromatic nitrogens is 2. The van der Waals surface area contributed by atoms with Gasteiger partial charge in [-0.15, -0.1) is 0 Å².